The molecular formula is C18H28N4O3S2. The lowest BCUT2D eigenvalue weighted by Gasteiger charge is -2.16. The minimum absolute atomic E-state index is 0.188. The Morgan fingerprint density at radius 3 is 2.52 bits per heavy atom. The van der Waals surface area contributed by atoms with Crippen molar-refractivity contribution < 1.29 is 13.2 Å². The predicted molar refractivity (Wildman–Crippen MR) is 110 cm³/mol. The Morgan fingerprint density at radius 2 is 1.85 bits per heavy atom. The summed E-state index contributed by atoms with van der Waals surface area (Å²) in [5.74, 6) is -0.240. The monoisotopic (exact) mass is 412 g/mol. The van der Waals surface area contributed by atoms with Gasteiger partial charge in [-0.25, -0.2) is 13.1 Å². The van der Waals surface area contributed by atoms with Crippen LogP contribution in [0.2, 0.25) is 0 Å². The number of benzene rings is 1. The molecule has 0 saturated heterocycles. The molecular weight excluding hydrogens is 384 g/mol. The van der Waals surface area contributed by atoms with Crippen LogP contribution in [0.1, 0.15) is 49.7 Å². The van der Waals surface area contributed by atoms with Gasteiger partial charge in [-0.1, -0.05) is 18.9 Å². The van der Waals surface area contributed by atoms with Crippen molar-refractivity contribution in [3.05, 3.63) is 29.3 Å². The van der Waals surface area contributed by atoms with Crippen molar-refractivity contribution in [3.8, 4) is 0 Å². The SMILES string of the molecule is Cc1ccc(S(=O)(=O)NCCCC(=O)NNC(=S)NC2CCCC2)cc1C. The van der Waals surface area contributed by atoms with Crippen molar-refractivity contribution >= 4 is 33.3 Å². The zero-order chi connectivity index (χ0) is 19.9. The molecule has 0 aromatic heterocycles. The van der Waals surface area contributed by atoms with Crippen molar-refractivity contribution in [2.75, 3.05) is 6.54 Å². The van der Waals surface area contributed by atoms with E-state index in [4.69, 9.17) is 12.2 Å². The molecule has 0 aliphatic heterocycles. The fraction of sp³-hybridized carbons (Fsp3) is 0.556. The maximum absolute atomic E-state index is 12.3. The summed E-state index contributed by atoms with van der Waals surface area (Å²) in [5, 5.41) is 3.57. The van der Waals surface area contributed by atoms with Crippen LogP contribution in [0.5, 0.6) is 0 Å². The van der Waals surface area contributed by atoms with Crippen LogP contribution < -0.4 is 20.9 Å². The number of sulfonamides is 1. The van der Waals surface area contributed by atoms with Crippen molar-refractivity contribution in [3.63, 3.8) is 0 Å². The number of hydrogen-bond acceptors (Lipinski definition) is 4. The van der Waals surface area contributed by atoms with Gasteiger partial charge in [0.05, 0.1) is 4.90 Å². The van der Waals surface area contributed by atoms with Gasteiger partial charge >= 0.3 is 0 Å². The summed E-state index contributed by atoms with van der Waals surface area (Å²) in [7, 11) is -3.56. The maximum Gasteiger partial charge on any atom is 0.240 e. The van der Waals surface area contributed by atoms with E-state index in [2.05, 4.69) is 20.9 Å². The van der Waals surface area contributed by atoms with Gasteiger partial charge in [-0.05, 0) is 68.6 Å². The number of aryl methyl sites for hydroxylation is 2. The lowest BCUT2D eigenvalue weighted by molar-refractivity contribution is -0.121. The molecule has 0 radical (unpaired) electrons. The van der Waals surface area contributed by atoms with Gasteiger partial charge in [0, 0.05) is 19.0 Å². The number of hydrogen-bond donors (Lipinski definition) is 4. The van der Waals surface area contributed by atoms with Crippen LogP contribution in [0.4, 0.5) is 0 Å². The highest BCUT2D eigenvalue weighted by Crippen LogP contribution is 2.17. The van der Waals surface area contributed by atoms with Crippen LogP contribution in [0.15, 0.2) is 23.1 Å². The van der Waals surface area contributed by atoms with E-state index in [0.29, 0.717) is 17.6 Å². The zero-order valence-electron chi connectivity index (χ0n) is 15.8. The first-order valence-electron chi connectivity index (χ1n) is 9.20. The predicted octanol–water partition coefficient (Wildman–Crippen LogP) is 1.80. The molecule has 1 amide bonds. The summed E-state index contributed by atoms with van der Waals surface area (Å²) in [5.41, 5.74) is 7.18. The molecule has 0 unspecified atom stereocenters. The number of carbonyl (C=O) groups excluding carboxylic acids is 1. The number of carbonyl (C=O) groups is 1. The number of hydrazine groups is 1. The van der Waals surface area contributed by atoms with Crippen LogP contribution >= 0.6 is 12.2 Å². The van der Waals surface area contributed by atoms with E-state index in [9.17, 15) is 13.2 Å². The Kier molecular flexibility index (Phi) is 8.00. The summed E-state index contributed by atoms with van der Waals surface area (Å²) in [4.78, 5) is 12.1. The second-order valence-corrected chi connectivity index (χ2v) is 9.05. The summed E-state index contributed by atoms with van der Waals surface area (Å²) in [6.07, 6.45) is 5.16. The molecule has 1 aliphatic carbocycles. The third-order valence-corrected chi connectivity index (χ3v) is 6.35. The Bertz CT molecular complexity index is 775. The number of thiocarbonyl (C=S) groups is 1. The molecule has 150 valence electrons. The largest absolute Gasteiger partial charge is 0.359 e. The molecule has 1 aromatic rings. The van der Waals surface area contributed by atoms with E-state index in [1.807, 2.05) is 13.8 Å². The highest BCUT2D eigenvalue weighted by molar-refractivity contribution is 7.89. The van der Waals surface area contributed by atoms with E-state index in [1.165, 1.54) is 12.8 Å². The van der Waals surface area contributed by atoms with Gasteiger partial charge < -0.3 is 5.32 Å². The van der Waals surface area contributed by atoms with Gasteiger partial charge in [0.25, 0.3) is 0 Å². The Balaban J connectivity index is 1.65. The highest BCUT2D eigenvalue weighted by atomic mass is 32.2. The van der Waals surface area contributed by atoms with Gasteiger partial charge in [0.2, 0.25) is 15.9 Å². The molecule has 9 heteroatoms. The molecule has 0 atom stereocenters. The molecule has 1 saturated carbocycles. The molecule has 1 aliphatic rings. The lowest BCUT2D eigenvalue weighted by Crippen LogP contribution is -2.49. The molecule has 1 aromatic carbocycles. The third-order valence-electron chi connectivity index (χ3n) is 4.67. The average molecular weight is 413 g/mol. The summed E-state index contributed by atoms with van der Waals surface area (Å²) >= 11 is 5.14. The molecule has 1 fully saturated rings. The average Bonchev–Trinajstić information content (AvgIpc) is 3.12. The van der Waals surface area contributed by atoms with E-state index >= 15 is 0 Å². The minimum atomic E-state index is -3.56. The van der Waals surface area contributed by atoms with Gasteiger partial charge in [-0.2, -0.15) is 0 Å². The fourth-order valence-corrected chi connectivity index (χ4v) is 4.28. The van der Waals surface area contributed by atoms with Gasteiger partial charge in [0.1, 0.15) is 0 Å². The number of rotatable bonds is 7. The topological polar surface area (TPSA) is 99.3 Å². The lowest BCUT2D eigenvalue weighted by atomic mass is 10.1. The normalized spacial score (nSPS) is 14.7. The Labute approximate surface area is 166 Å². The van der Waals surface area contributed by atoms with Gasteiger partial charge in [0.15, 0.2) is 5.11 Å². The summed E-state index contributed by atoms with van der Waals surface area (Å²) < 4.78 is 27.1. The Hall–Kier alpha value is -1.71. The van der Waals surface area contributed by atoms with Crippen LogP contribution in [-0.4, -0.2) is 32.0 Å². The van der Waals surface area contributed by atoms with Crippen molar-refractivity contribution in [1.82, 2.24) is 20.9 Å². The first kappa shape index (κ1) is 21.6. The summed E-state index contributed by atoms with van der Waals surface area (Å²) in [6, 6.07) is 5.39. The standard InChI is InChI=1S/C18H28N4O3S2/c1-13-9-10-16(12-14(13)2)27(24,25)19-11-5-8-17(23)21-22-18(26)20-15-6-3-4-7-15/h9-10,12,15,19H,3-8,11H2,1-2H3,(H,21,23)(H2,20,22,26). The van der Waals surface area contributed by atoms with E-state index in [0.717, 1.165) is 24.0 Å². The van der Waals surface area contributed by atoms with Crippen LogP contribution in [0, 0.1) is 13.8 Å². The van der Waals surface area contributed by atoms with E-state index in [1.54, 1.807) is 18.2 Å². The molecule has 0 spiro atoms. The first-order chi connectivity index (χ1) is 12.8. The Morgan fingerprint density at radius 1 is 1.15 bits per heavy atom. The van der Waals surface area contributed by atoms with Gasteiger partial charge in [-0.15, -0.1) is 0 Å². The second kappa shape index (κ2) is 10.0. The fourth-order valence-electron chi connectivity index (χ4n) is 2.90. The molecule has 0 bridgehead atoms. The zero-order valence-corrected chi connectivity index (χ0v) is 17.4. The number of amides is 1. The molecule has 4 N–H and O–H groups in total. The smallest absolute Gasteiger partial charge is 0.240 e. The molecule has 27 heavy (non-hydrogen) atoms. The van der Waals surface area contributed by atoms with Crippen molar-refractivity contribution in [2.45, 2.75) is 63.3 Å². The van der Waals surface area contributed by atoms with Gasteiger partial charge in [-0.3, -0.25) is 15.6 Å². The minimum Gasteiger partial charge on any atom is -0.359 e. The quantitative estimate of drug-likeness (QED) is 0.310. The maximum atomic E-state index is 12.3. The van der Waals surface area contributed by atoms with Crippen LogP contribution in [-0.2, 0) is 14.8 Å². The molecule has 2 rings (SSSR count). The molecule has 0 heterocycles. The van der Waals surface area contributed by atoms with E-state index < -0.39 is 10.0 Å². The third kappa shape index (κ3) is 7.08. The van der Waals surface area contributed by atoms with Crippen molar-refractivity contribution in [1.29, 1.82) is 0 Å². The van der Waals surface area contributed by atoms with Crippen LogP contribution in [0.25, 0.3) is 0 Å². The second-order valence-electron chi connectivity index (χ2n) is 6.88. The molecule has 7 nitrogen and oxygen atoms in total. The number of nitrogens with one attached hydrogen (secondary N) is 4. The van der Waals surface area contributed by atoms with Crippen molar-refractivity contribution in [2.24, 2.45) is 0 Å². The first-order valence-corrected chi connectivity index (χ1v) is 11.1. The van der Waals surface area contributed by atoms with Crippen LogP contribution in [0.3, 0.4) is 0 Å². The summed E-state index contributed by atoms with van der Waals surface area (Å²) in [6.45, 7) is 3.99. The highest BCUT2D eigenvalue weighted by Gasteiger charge is 2.16. The van der Waals surface area contributed by atoms with E-state index in [-0.39, 0.29) is 23.8 Å².